The van der Waals surface area contributed by atoms with Crippen LogP contribution in [-0.4, -0.2) is 40.1 Å². The fraction of sp³-hybridized carbons (Fsp3) is 0.364. The van der Waals surface area contributed by atoms with Gasteiger partial charge in [-0.1, -0.05) is 30.3 Å². The maximum absolute atomic E-state index is 13.7. The third kappa shape index (κ3) is 5.23. The van der Waals surface area contributed by atoms with Gasteiger partial charge in [-0.25, -0.2) is 8.78 Å². The van der Waals surface area contributed by atoms with Crippen LogP contribution in [0, 0.1) is 11.3 Å². The van der Waals surface area contributed by atoms with Gasteiger partial charge in [0.1, 0.15) is 6.04 Å². The van der Waals surface area contributed by atoms with Crippen LogP contribution in [0.25, 0.3) is 0 Å². The molecule has 0 aliphatic carbocycles. The standard InChI is InChI=1S/C22H21F2N3O2/c23-22(24)10-8-18(13-25)27(15-22)21(29)7-6-20(28)19-9-11-26-14-17(19)12-16-4-2-1-3-5-16/h1-5,9,11,14,18H,6-8,10,12,15H2/t18-/m0/s1. The number of pyridine rings is 1. The van der Waals surface area contributed by atoms with Crippen molar-refractivity contribution in [3.05, 3.63) is 65.5 Å². The summed E-state index contributed by atoms with van der Waals surface area (Å²) in [5, 5.41) is 9.15. The summed E-state index contributed by atoms with van der Waals surface area (Å²) in [7, 11) is 0. The molecule has 7 heteroatoms. The van der Waals surface area contributed by atoms with Gasteiger partial charge in [-0.15, -0.1) is 0 Å². The van der Waals surface area contributed by atoms with Gasteiger partial charge in [0, 0.05) is 37.2 Å². The highest BCUT2D eigenvalue weighted by Crippen LogP contribution is 2.30. The summed E-state index contributed by atoms with van der Waals surface area (Å²) >= 11 is 0. The first-order chi connectivity index (χ1) is 13.9. The Kier molecular flexibility index (Phi) is 6.32. The monoisotopic (exact) mass is 397 g/mol. The molecule has 0 saturated carbocycles. The molecule has 2 aromatic rings. The summed E-state index contributed by atoms with van der Waals surface area (Å²) in [6.45, 7) is -0.771. The second-order valence-electron chi connectivity index (χ2n) is 7.18. The average Bonchev–Trinajstić information content (AvgIpc) is 2.72. The van der Waals surface area contributed by atoms with Gasteiger partial charge in [-0.2, -0.15) is 5.26 Å². The number of Topliss-reactive ketones (excluding diaryl/α,β-unsaturated/α-hetero) is 1. The molecule has 1 aliphatic heterocycles. The Hall–Kier alpha value is -3.14. The van der Waals surface area contributed by atoms with Crippen LogP contribution in [0.1, 0.15) is 47.2 Å². The number of likely N-dealkylation sites (tertiary alicyclic amines) is 1. The summed E-state index contributed by atoms with van der Waals surface area (Å²) in [5.41, 5.74) is 2.24. The van der Waals surface area contributed by atoms with E-state index in [0.29, 0.717) is 12.0 Å². The van der Waals surface area contributed by atoms with Crippen molar-refractivity contribution in [2.45, 2.75) is 44.1 Å². The number of halogens is 2. The Balaban J connectivity index is 1.66. The van der Waals surface area contributed by atoms with Gasteiger partial charge < -0.3 is 4.90 Å². The summed E-state index contributed by atoms with van der Waals surface area (Å²) in [5.74, 6) is -3.84. The highest BCUT2D eigenvalue weighted by molar-refractivity contribution is 5.99. The van der Waals surface area contributed by atoms with Crippen molar-refractivity contribution in [3.8, 4) is 6.07 Å². The molecule has 1 aliphatic rings. The molecule has 1 atom stereocenters. The smallest absolute Gasteiger partial charge is 0.265 e. The molecular weight excluding hydrogens is 376 g/mol. The predicted molar refractivity (Wildman–Crippen MR) is 102 cm³/mol. The van der Waals surface area contributed by atoms with Crippen LogP contribution in [0.15, 0.2) is 48.8 Å². The minimum atomic E-state index is -3.00. The molecule has 150 valence electrons. The molecule has 0 radical (unpaired) electrons. The number of benzene rings is 1. The van der Waals surface area contributed by atoms with Crippen molar-refractivity contribution >= 4 is 11.7 Å². The second kappa shape index (κ2) is 8.91. The number of hydrogen-bond donors (Lipinski definition) is 0. The maximum atomic E-state index is 13.7. The summed E-state index contributed by atoms with van der Waals surface area (Å²) in [4.78, 5) is 30.1. The summed E-state index contributed by atoms with van der Waals surface area (Å²) in [6, 6.07) is 12.3. The van der Waals surface area contributed by atoms with E-state index in [4.69, 9.17) is 5.26 Å². The molecule has 5 nitrogen and oxygen atoms in total. The lowest BCUT2D eigenvalue weighted by Crippen LogP contribution is -2.51. The van der Waals surface area contributed by atoms with Gasteiger partial charge in [-0.3, -0.25) is 14.6 Å². The lowest BCUT2D eigenvalue weighted by Gasteiger charge is -2.36. The molecule has 29 heavy (non-hydrogen) atoms. The molecular formula is C22H21F2N3O2. The molecule has 3 rings (SSSR count). The minimum absolute atomic E-state index is 0.0607. The highest BCUT2D eigenvalue weighted by atomic mass is 19.3. The van der Waals surface area contributed by atoms with Crippen LogP contribution in [0.3, 0.4) is 0 Å². The Morgan fingerprint density at radius 3 is 2.69 bits per heavy atom. The van der Waals surface area contributed by atoms with Crippen molar-refractivity contribution in [1.29, 1.82) is 5.26 Å². The summed E-state index contributed by atoms with van der Waals surface area (Å²) < 4.78 is 27.3. The van der Waals surface area contributed by atoms with Crippen LogP contribution in [-0.2, 0) is 11.2 Å². The minimum Gasteiger partial charge on any atom is -0.321 e. The van der Waals surface area contributed by atoms with E-state index < -0.39 is 30.8 Å². The van der Waals surface area contributed by atoms with Crippen molar-refractivity contribution in [1.82, 2.24) is 9.88 Å². The van der Waals surface area contributed by atoms with Gasteiger partial charge in [0.25, 0.3) is 5.92 Å². The fourth-order valence-corrected chi connectivity index (χ4v) is 3.49. The van der Waals surface area contributed by atoms with Gasteiger partial charge >= 0.3 is 0 Å². The number of alkyl halides is 2. The number of carbonyl (C=O) groups is 2. The van der Waals surface area contributed by atoms with Crippen molar-refractivity contribution in [2.75, 3.05) is 6.54 Å². The zero-order valence-electron chi connectivity index (χ0n) is 15.9. The van der Waals surface area contributed by atoms with Gasteiger partial charge in [0.15, 0.2) is 5.78 Å². The largest absolute Gasteiger partial charge is 0.321 e. The normalized spacial score (nSPS) is 18.1. The van der Waals surface area contributed by atoms with E-state index in [-0.39, 0.29) is 25.0 Å². The number of carbonyl (C=O) groups excluding carboxylic acids is 2. The van der Waals surface area contributed by atoms with Crippen LogP contribution in [0.2, 0.25) is 0 Å². The lowest BCUT2D eigenvalue weighted by atomic mass is 9.96. The molecule has 2 heterocycles. The molecule has 0 unspecified atom stereocenters. The first kappa shape index (κ1) is 20.6. The van der Waals surface area contributed by atoms with Gasteiger partial charge in [0.05, 0.1) is 12.6 Å². The van der Waals surface area contributed by atoms with E-state index in [0.717, 1.165) is 16.0 Å². The van der Waals surface area contributed by atoms with Crippen molar-refractivity contribution in [2.24, 2.45) is 0 Å². The predicted octanol–water partition coefficient (Wildman–Crippen LogP) is 3.79. The van der Waals surface area contributed by atoms with Gasteiger partial charge in [0.2, 0.25) is 5.91 Å². The van der Waals surface area contributed by atoms with Crippen LogP contribution in [0.4, 0.5) is 8.78 Å². The van der Waals surface area contributed by atoms with Crippen molar-refractivity contribution < 1.29 is 18.4 Å². The van der Waals surface area contributed by atoms with Crippen molar-refractivity contribution in [3.63, 3.8) is 0 Å². The number of piperidine rings is 1. The number of nitriles is 1. The van der Waals surface area contributed by atoms with Crippen LogP contribution >= 0.6 is 0 Å². The van der Waals surface area contributed by atoms with Crippen LogP contribution in [0.5, 0.6) is 0 Å². The number of nitrogens with zero attached hydrogens (tertiary/aromatic N) is 3. The highest BCUT2D eigenvalue weighted by Gasteiger charge is 2.42. The van der Waals surface area contributed by atoms with Crippen LogP contribution < -0.4 is 0 Å². The molecule has 0 bridgehead atoms. The fourth-order valence-electron chi connectivity index (χ4n) is 3.49. The molecule has 0 spiro atoms. The number of aromatic nitrogens is 1. The van der Waals surface area contributed by atoms with E-state index in [1.807, 2.05) is 36.4 Å². The Morgan fingerprint density at radius 2 is 1.97 bits per heavy atom. The number of amides is 1. The number of ketones is 1. The Morgan fingerprint density at radius 1 is 1.21 bits per heavy atom. The molecule has 1 saturated heterocycles. The summed E-state index contributed by atoms with van der Waals surface area (Å²) in [6.07, 6.45) is 2.88. The zero-order chi connectivity index (χ0) is 20.9. The molecule has 0 N–H and O–H groups in total. The number of hydrogen-bond acceptors (Lipinski definition) is 4. The number of rotatable bonds is 6. The van der Waals surface area contributed by atoms with E-state index >= 15 is 0 Å². The SMILES string of the molecule is N#C[C@@H]1CCC(F)(F)CN1C(=O)CCC(=O)c1ccncc1Cc1ccccc1. The molecule has 1 amide bonds. The van der Waals surface area contributed by atoms with Gasteiger partial charge in [-0.05, 0) is 30.0 Å². The van der Waals surface area contributed by atoms with E-state index in [2.05, 4.69) is 4.98 Å². The molecule has 1 aromatic carbocycles. The second-order valence-corrected chi connectivity index (χ2v) is 7.18. The third-order valence-electron chi connectivity index (χ3n) is 5.04. The zero-order valence-corrected chi connectivity index (χ0v) is 15.9. The molecule has 1 fully saturated rings. The molecule has 1 aromatic heterocycles. The lowest BCUT2D eigenvalue weighted by molar-refractivity contribution is -0.144. The third-order valence-corrected chi connectivity index (χ3v) is 5.04. The Bertz CT molecular complexity index is 925. The maximum Gasteiger partial charge on any atom is 0.265 e. The quantitative estimate of drug-likeness (QED) is 0.695. The first-order valence-corrected chi connectivity index (χ1v) is 9.46. The van der Waals surface area contributed by atoms with E-state index in [9.17, 15) is 18.4 Å². The van der Waals surface area contributed by atoms with E-state index in [1.165, 1.54) is 6.20 Å². The first-order valence-electron chi connectivity index (χ1n) is 9.46. The Labute approximate surface area is 168 Å². The van der Waals surface area contributed by atoms with E-state index in [1.54, 1.807) is 12.3 Å². The topological polar surface area (TPSA) is 74.1 Å². The average molecular weight is 397 g/mol.